The second kappa shape index (κ2) is 6.49. The molecule has 0 atom stereocenters. The number of rotatable bonds is 5. The molecule has 1 aromatic rings. The molecule has 0 unspecified atom stereocenters. The number of nitrogens with two attached hydrogens (primary N) is 1. The van der Waals surface area contributed by atoms with Gasteiger partial charge in [-0.25, -0.2) is 0 Å². The van der Waals surface area contributed by atoms with Crippen molar-refractivity contribution in [2.45, 2.75) is 38.5 Å². The lowest BCUT2D eigenvalue weighted by atomic mass is 9.76. The molecule has 1 aromatic carbocycles. The van der Waals surface area contributed by atoms with Gasteiger partial charge in [0.15, 0.2) is 0 Å². The van der Waals surface area contributed by atoms with Crippen LogP contribution in [-0.4, -0.2) is 31.9 Å². The van der Waals surface area contributed by atoms with Gasteiger partial charge in [-0.15, -0.1) is 0 Å². The molecule has 2 aliphatic rings. The minimum Gasteiger partial charge on any atom is -0.481 e. The fourth-order valence-corrected chi connectivity index (χ4v) is 4.62. The molecule has 0 aliphatic carbocycles. The Morgan fingerprint density at radius 3 is 2.83 bits per heavy atom. The largest absolute Gasteiger partial charge is 0.481 e. The zero-order valence-corrected chi connectivity index (χ0v) is 15.1. The monoisotopic (exact) mass is 340 g/mol. The summed E-state index contributed by atoms with van der Waals surface area (Å²) in [5.41, 5.74) is 11.0. The minimum atomic E-state index is -0.787. The summed E-state index contributed by atoms with van der Waals surface area (Å²) in [6.45, 7) is 5.01. The molecule has 24 heavy (non-hydrogen) atoms. The summed E-state index contributed by atoms with van der Waals surface area (Å²) in [4.78, 5) is 11.0. The molecule has 0 amide bonds. The van der Waals surface area contributed by atoms with Gasteiger partial charge in [0.05, 0.1) is 9.13 Å². The maximum Gasteiger partial charge on any atom is 0.303 e. The Morgan fingerprint density at radius 2 is 2.12 bits per heavy atom. The number of carboxylic acids is 1. The fourth-order valence-electron chi connectivity index (χ4n) is 3.33. The third-order valence-corrected chi connectivity index (χ3v) is 6.13. The van der Waals surface area contributed by atoms with Crippen molar-refractivity contribution >= 4 is 20.3 Å². The summed E-state index contributed by atoms with van der Waals surface area (Å²) in [7, 11) is 0.558. The molecule has 0 spiro atoms. The molecule has 5 heteroatoms. The van der Waals surface area contributed by atoms with Crippen molar-refractivity contribution in [3.05, 3.63) is 52.4 Å². The molecule has 0 saturated carbocycles. The second-order valence-electron chi connectivity index (χ2n) is 6.66. The van der Waals surface area contributed by atoms with Crippen molar-refractivity contribution in [3.8, 4) is 5.75 Å². The van der Waals surface area contributed by atoms with E-state index in [1.807, 2.05) is 6.08 Å². The van der Waals surface area contributed by atoms with Crippen molar-refractivity contribution in [2.24, 2.45) is 5.73 Å². The van der Waals surface area contributed by atoms with Crippen LogP contribution in [0, 0.1) is 0 Å². The lowest BCUT2D eigenvalue weighted by Crippen LogP contribution is -2.40. The first-order chi connectivity index (χ1) is 11.4. The van der Waals surface area contributed by atoms with Crippen LogP contribution in [0.25, 0.3) is 0 Å². The lowest BCUT2D eigenvalue weighted by molar-refractivity contribution is -0.136. The van der Waals surface area contributed by atoms with E-state index in [1.165, 1.54) is 10.7 Å². The van der Waals surface area contributed by atoms with Gasteiger partial charge in [0.1, 0.15) is 11.5 Å². The number of carbonyl (C=O) groups is 1. The molecule has 2 heterocycles. The number of para-hydroxylation sites is 1. The fraction of sp³-hybridized carbons (Fsp3) is 0.368. The van der Waals surface area contributed by atoms with Crippen molar-refractivity contribution in [1.29, 1.82) is 0 Å². The number of hydrogen-bond donors (Lipinski definition) is 2. The highest BCUT2D eigenvalue weighted by Gasteiger charge is 2.38. The number of aliphatic carboxylic acids is 1. The van der Waals surface area contributed by atoms with E-state index in [0.29, 0.717) is 22.1 Å². The highest BCUT2D eigenvalue weighted by Crippen LogP contribution is 2.43. The summed E-state index contributed by atoms with van der Waals surface area (Å²) >= 11 is 0. The van der Waals surface area contributed by atoms with Gasteiger partial charge in [0.25, 0.3) is 0 Å². The molecule has 2 aliphatic heterocycles. The Morgan fingerprint density at radius 1 is 1.33 bits per heavy atom. The number of allylic oxidation sites excluding steroid dienone is 3. The molecule has 0 fully saturated rings. The van der Waals surface area contributed by atoms with Crippen molar-refractivity contribution in [1.82, 2.24) is 0 Å². The predicted octanol–water partition coefficient (Wildman–Crippen LogP) is 2.38. The van der Waals surface area contributed by atoms with Crippen LogP contribution in [0.4, 0.5) is 0 Å². The van der Waals surface area contributed by atoms with Crippen LogP contribution in [-0.2, 0) is 16.6 Å². The molecule has 3 N–H and O–H groups in total. The van der Waals surface area contributed by atoms with E-state index in [2.05, 4.69) is 37.7 Å². The summed E-state index contributed by atoms with van der Waals surface area (Å²) < 4.78 is 6.35. The Balaban J connectivity index is 2.11. The van der Waals surface area contributed by atoms with Gasteiger partial charge in [0.2, 0.25) is 0 Å². The lowest BCUT2D eigenvalue weighted by Gasteiger charge is -2.39. The molecule has 3 rings (SSSR count). The van der Waals surface area contributed by atoms with Gasteiger partial charge in [-0.3, -0.25) is 4.79 Å². The molecular formula is C19H22NO3Si. The summed E-state index contributed by atoms with van der Waals surface area (Å²) in [6, 6.07) is 6.25. The van der Waals surface area contributed by atoms with E-state index >= 15 is 0 Å². The van der Waals surface area contributed by atoms with E-state index in [9.17, 15) is 4.79 Å². The summed E-state index contributed by atoms with van der Waals surface area (Å²) in [5.74, 6) is 0.990. The van der Waals surface area contributed by atoms with Crippen LogP contribution in [0.3, 0.4) is 0 Å². The van der Waals surface area contributed by atoms with Crippen LogP contribution in [0.5, 0.6) is 5.75 Å². The predicted molar refractivity (Wildman–Crippen MR) is 96.7 cm³/mol. The molecule has 0 saturated heterocycles. The van der Waals surface area contributed by atoms with Crippen LogP contribution in [0.2, 0.25) is 0 Å². The van der Waals surface area contributed by atoms with E-state index < -0.39 is 5.97 Å². The summed E-state index contributed by atoms with van der Waals surface area (Å²) in [5, 5.41) is 10.3. The SMILES string of the molecule is CC1(C)C2=[Si]C=CC(CCC(=O)O)=C2Oc2c(CCN)cccc21. The standard InChI is InChI=1S/C19H22NO3Si/c1-19(2)14-5-3-4-12(8-10-20)16(14)23-17-13(6-7-15(21)22)9-11-24-18(17)19/h3-5,9,11H,6-8,10,20H2,1-2H3,(H,21,22). The van der Waals surface area contributed by atoms with E-state index in [0.717, 1.165) is 29.1 Å². The number of hydrogen-bond acceptors (Lipinski definition) is 3. The van der Waals surface area contributed by atoms with E-state index in [4.69, 9.17) is 15.6 Å². The maximum atomic E-state index is 11.0. The van der Waals surface area contributed by atoms with Gasteiger partial charge in [-0.05, 0) is 35.7 Å². The summed E-state index contributed by atoms with van der Waals surface area (Å²) in [6.07, 6.45) is 3.39. The molecule has 0 aromatic heterocycles. The number of fused-ring (bicyclic) bond motifs is 2. The Bertz CT molecular complexity index is 775. The molecule has 125 valence electrons. The van der Waals surface area contributed by atoms with Crippen LogP contribution < -0.4 is 10.5 Å². The molecule has 0 bridgehead atoms. The molecule has 1 radical (unpaired) electrons. The first-order valence-corrected chi connectivity index (χ1v) is 9.29. The normalized spacial score (nSPS) is 17.7. The van der Waals surface area contributed by atoms with E-state index in [-0.39, 0.29) is 11.8 Å². The van der Waals surface area contributed by atoms with Crippen LogP contribution in [0.1, 0.15) is 37.8 Å². The zero-order chi connectivity index (χ0) is 17.3. The van der Waals surface area contributed by atoms with Gasteiger partial charge in [-0.1, -0.05) is 43.8 Å². The smallest absolute Gasteiger partial charge is 0.303 e. The average molecular weight is 340 g/mol. The molecule has 4 nitrogen and oxygen atoms in total. The number of ether oxygens (including phenoxy) is 1. The van der Waals surface area contributed by atoms with Crippen LogP contribution >= 0.6 is 0 Å². The van der Waals surface area contributed by atoms with Crippen molar-refractivity contribution < 1.29 is 14.6 Å². The van der Waals surface area contributed by atoms with Gasteiger partial charge in [-0.2, -0.15) is 0 Å². The second-order valence-corrected chi connectivity index (χ2v) is 7.78. The van der Waals surface area contributed by atoms with Gasteiger partial charge < -0.3 is 15.6 Å². The van der Waals surface area contributed by atoms with Crippen LogP contribution in [0.15, 0.2) is 41.3 Å². The number of carboxylic acid groups (broad SMARTS) is 1. The van der Waals surface area contributed by atoms with E-state index in [1.54, 1.807) is 0 Å². The Hall–Kier alpha value is -1.98. The minimum absolute atomic E-state index is 0.112. The highest BCUT2D eigenvalue weighted by molar-refractivity contribution is 6.64. The zero-order valence-electron chi connectivity index (χ0n) is 14.1. The first-order valence-electron chi connectivity index (χ1n) is 8.21. The van der Waals surface area contributed by atoms with Gasteiger partial charge in [0, 0.05) is 17.4 Å². The average Bonchev–Trinajstić information content (AvgIpc) is 2.54. The van der Waals surface area contributed by atoms with Crippen molar-refractivity contribution in [3.63, 3.8) is 0 Å². The third-order valence-electron chi connectivity index (χ3n) is 4.65. The number of benzene rings is 1. The quantitative estimate of drug-likeness (QED) is 0.807. The Labute approximate surface area is 144 Å². The highest BCUT2D eigenvalue weighted by atomic mass is 28.2. The van der Waals surface area contributed by atoms with Crippen molar-refractivity contribution in [2.75, 3.05) is 6.54 Å². The third kappa shape index (κ3) is 2.89. The first kappa shape index (κ1) is 16.9. The maximum absolute atomic E-state index is 11.0. The van der Waals surface area contributed by atoms with Gasteiger partial charge >= 0.3 is 5.97 Å². The Kier molecular flexibility index (Phi) is 4.56. The topological polar surface area (TPSA) is 72.5 Å². The molecular weight excluding hydrogens is 318 g/mol.